The Morgan fingerprint density at radius 2 is 2.18 bits per heavy atom. The molecule has 6 heteroatoms. The Kier molecular flexibility index (Phi) is 4.47. The van der Waals surface area contributed by atoms with Gasteiger partial charge in [-0.05, 0) is 19.4 Å². The van der Waals surface area contributed by atoms with Crippen LogP contribution in [-0.2, 0) is 10.0 Å². The van der Waals surface area contributed by atoms with Gasteiger partial charge < -0.3 is 5.32 Å². The van der Waals surface area contributed by atoms with Crippen molar-refractivity contribution in [2.75, 3.05) is 19.4 Å². The van der Waals surface area contributed by atoms with Crippen LogP contribution in [0.2, 0.25) is 0 Å². The van der Waals surface area contributed by atoms with Crippen LogP contribution >= 0.6 is 0 Å². The largest absolute Gasteiger partial charge is 0.373 e. The van der Waals surface area contributed by atoms with Gasteiger partial charge in [-0.25, -0.2) is 13.4 Å². The van der Waals surface area contributed by atoms with E-state index >= 15 is 0 Å². The summed E-state index contributed by atoms with van der Waals surface area (Å²) >= 11 is 0. The summed E-state index contributed by atoms with van der Waals surface area (Å²) in [4.78, 5) is 4.27. The van der Waals surface area contributed by atoms with Crippen LogP contribution in [0, 0.1) is 0 Å². The van der Waals surface area contributed by atoms with Crippen molar-refractivity contribution >= 4 is 15.8 Å². The van der Waals surface area contributed by atoms with Crippen molar-refractivity contribution in [1.29, 1.82) is 0 Å². The normalized spacial score (nSPS) is 13.7. The van der Waals surface area contributed by atoms with E-state index in [2.05, 4.69) is 10.3 Å². The van der Waals surface area contributed by atoms with Crippen molar-refractivity contribution in [3.8, 4) is 0 Å². The molecule has 1 aromatic heterocycles. The van der Waals surface area contributed by atoms with E-state index in [-0.39, 0.29) is 10.9 Å². The third kappa shape index (κ3) is 2.95. The Labute approximate surface area is 103 Å². The van der Waals surface area contributed by atoms with Gasteiger partial charge in [-0.1, -0.05) is 6.92 Å². The SMILES string of the molecule is CCC(C)N(C)S(=O)(=O)c1ccnc(NC)c1. The number of hydrogen-bond acceptors (Lipinski definition) is 4. The second kappa shape index (κ2) is 5.46. The van der Waals surface area contributed by atoms with Crippen molar-refractivity contribution in [2.24, 2.45) is 0 Å². The van der Waals surface area contributed by atoms with Gasteiger partial charge in [-0.3, -0.25) is 0 Å². The van der Waals surface area contributed by atoms with Gasteiger partial charge in [0.15, 0.2) is 0 Å². The number of anilines is 1. The molecule has 17 heavy (non-hydrogen) atoms. The average molecular weight is 257 g/mol. The zero-order valence-electron chi connectivity index (χ0n) is 10.6. The van der Waals surface area contributed by atoms with Gasteiger partial charge in [-0.15, -0.1) is 0 Å². The molecule has 1 atom stereocenters. The first kappa shape index (κ1) is 13.9. The minimum Gasteiger partial charge on any atom is -0.373 e. The molecule has 0 saturated heterocycles. The second-order valence-electron chi connectivity index (χ2n) is 3.91. The lowest BCUT2D eigenvalue weighted by Crippen LogP contribution is -2.34. The molecular formula is C11H19N3O2S. The predicted octanol–water partition coefficient (Wildman–Crippen LogP) is 1.54. The van der Waals surface area contributed by atoms with E-state index in [1.165, 1.54) is 22.6 Å². The first-order valence-corrected chi connectivity index (χ1v) is 6.99. The summed E-state index contributed by atoms with van der Waals surface area (Å²) in [7, 11) is -0.124. The number of hydrogen-bond donors (Lipinski definition) is 1. The van der Waals surface area contributed by atoms with Crippen LogP contribution in [0.15, 0.2) is 23.2 Å². The summed E-state index contributed by atoms with van der Waals surface area (Å²) in [5.41, 5.74) is 0. The van der Waals surface area contributed by atoms with Crippen LogP contribution < -0.4 is 5.32 Å². The lowest BCUT2D eigenvalue weighted by Gasteiger charge is -2.23. The molecule has 0 bridgehead atoms. The molecule has 0 amide bonds. The summed E-state index contributed by atoms with van der Waals surface area (Å²) in [5.74, 6) is 0.545. The molecule has 1 rings (SSSR count). The number of rotatable bonds is 5. The Balaban J connectivity index is 3.12. The Morgan fingerprint density at radius 1 is 1.53 bits per heavy atom. The highest BCUT2D eigenvalue weighted by atomic mass is 32.2. The van der Waals surface area contributed by atoms with E-state index in [0.717, 1.165) is 6.42 Å². The lowest BCUT2D eigenvalue weighted by molar-refractivity contribution is 0.380. The Bertz CT molecular complexity index is 473. The molecule has 1 aromatic rings. The van der Waals surface area contributed by atoms with Gasteiger partial charge in [0.1, 0.15) is 5.82 Å². The predicted molar refractivity (Wildman–Crippen MR) is 68.5 cm³/mol. The van der Waals surface area contributed by atoms with E-state index in [1.54, 1.807) is 14.1 Å². The van der Waals surface area contributed by atoms with Gasteiger partial charge in [0, 0.05) is 32.4 Å². The van der Waals surface area contributed by atoms with Crippen molar-refractivity contribution in [1.82, 2.24) is 9.29 Å². The van der Waals surface area contributed by atoms with Gasteiger partial charge >= 0.3 is 0 Å². The quantitative estimate of drug-likeness (QED) is 0.869. The zero-order chi connectivity index (χ0) is 13.1. The molecule has 1 N–H and O–H groups in total. The van der Waals surface area contributed by atoms with E-state index in [9.17, 15) is 8.42 Å². The lowest BCUT2D eigenvalue weighted by atomic mass is 10.3. The molecule has 96 valence electrons. The summed E-state index contributed by atoms with van der Waals surface area (Å²) in [6.45, 7) is 3.85. The van der Waals surface area contributed by atoms with E-state index in [4.69, 9.17) is 0 Å². The highest BCUT2D eigenvalue weighted by molar-refractivity contribution is 7.89. The topological polar surface area (TPSA) is 62.3 Å². The molecule has 0 radical (unpaired) electrons. The van der Waals surface area contributed by atoms with E-state index < -0.39 is 10.0 Å². The average Bonchev–Trinajstić information content (AvgIpc) is 2.36. The summed E-state index contributed by atoms with van der Waals surface area (Å²) in [6.07, 6.45) is 2.27. The van der Waals surface area contributed by atoms with Gasteiger partial charge in [0.2, 0.25) is 10.0 Å². The molecule has 0 spiro atoms. The molecule has 0 saturated carbocycles. The summed E-state index contributed by atoms with van der Waals surface area (Å²) in [6, 6.07) is 3.02. The number of nitrogens with zero attached hydrogens (tertiary/aromatic N) is 2. The maximum absolute atomic E-state index is 12.3. The minimum atomic E-state index is -3.43. The number of sulfonamides is 1. The van der Waals surface area contributed by atoms with Gasteiger partial charge in [0.05, 0.1) is 4.90 Å². The molecule has 0 aliphatic carbocycles. The molecule has 5 nitrogen and oxygen atoms in total. The number of pyridine rings is 1. The molecule has 1 unspecified atom stereocenters. The number of aromatic nitrogens is 1. The Hall–Kier alpha value is -1.14. The van der Waals surface area contributed by atoms with Crippen molar-refractivity contribution in [3.63, 3.8) is 0 Å². The van der Waals surface area contributed by atoms with Crippen LogP contribution in [0.5, 0.6) is 0 Å². The van der Waals surface area contributed by atoms with Crippen LogP contribution in [0.4, 0.5) is 5.82 Å². The molecule has 0 aromatic carbocycles. The van der Waals surface area contributed by atoms with Crippen LogP contribution in [0.25, 0.3) is 0 Å². The molecule has 0 aliphatic heterocycles. The van der Waals surface area contributed by atoms with Crippen molar-refractivity contribution < 1.29 is 8.42 Å². The van der Waals surface area contributed by atoms with Crippen molar-refractivity contribution in [3.05, 3.63) is 18.3 Å². The highest BCUT2D eigenvalue weighted by Crippen LogP contribution is 2.19. The van der Waals surface area contributed by atoms with Gasteiger partial charge in [0.25, 0.3) is 0 Å². The fourth-order valence-electron chi connectivity index (χ4n) is 1.37. The Morgan fingerprint density at radius 3 is 2.71 bits per heavy atom. The van der Waals surface area contributed by atoms with Gasteiger partial charge in [-0.2, -0.15) is 4.31 Å². The van der Waals surface area contributed by atoms with E-state index in [0.29, 0.717) is 5.82 Å². The smallest absolute Gasteiger partial charge is 0.243 e. The molecule has 0 fully saturated rings. The summed E-state index contributed by atoms with van der Waals surface area (Å²) < 4.78 is 25.9. The highest BCUT2D eigenvalue weighted by Gasteiger charge is 2.24. The van der Waals surface area contributed by atoms with Crippen LogP contribution in [0.1, 0.15) is 20.3 Å². The third-order valence-corrected chi connectivity index (χ3v) is 4.84. The second-order valence-corrected chi connectivity index (χ2v) is 5.90. The molecule has 1 heterocycles. The molecule has 0 aliphatic rings. The molecular weight excluding hydrogens is 238 g/mol. The number of nitrogens with one attached hydrogen (secondary N) is 1. The first-order chi connectivity index (χ1) is 7.93. The minimum absolute atomic E-state index is 0.0220. The van der Waals surface area contributed by atoms with Crippen LogP contribution in [0.3, 0.4) is 0 Å². The summed E-state index contributed by atoms with van der Waals surface area (Å²) in [5, 5.41) is 2.83. The van der Waals surface area contributed by atoms with Crippen LogP contribution in [-0.4, -0.2) is 37.8 Å². The first-order valence-electron chi connectivity index (χ1n) is 5.55. The maximum atomic E-state index is 12.3. The monoisotopic (exact) mass is 257 g/mol. The fraction of sp³-hybridized carbons (Fsp3) is 0.545. The maximum Gasteiger partial charge on any atom is 0.243 e. The zero-order valence-corrected chi connectivity index (χ0v) is 11.5. The fourth-order valence-corrected chi connectivity index (χ4v) is 2.82. The standard InChI is InChI=1S/C11H19N3O2S/c1-5-9(2)14(4)17(15,16)10-6-7-13-11(8-10)12-3/h6-9H,5H2,1-4H3,(H,12,13). The third-order valence-electron chi connectivity index (χ3n) is 2.88. The van der Waals surface area contributed by atoms with E-state index in [1.807, 2.05) is 13.8 Å². The van der Waals surface area contributed by atoms with Crippen molar-refractivity contribution in [2.45, 2.75) is 31.2 Å².